The first-order valence-electron chi connectivity index (χ1n) is 4.43. The van der Waals surface area contributed by atoms with E-state index in [9.17, 15) is 4.79 Å². The van der Waals surface area contributed by atoms with Crippen LogP contribution in [-0.2, 0) is 16.0 Å². The topological polar surface area (TPSA) is 52.3 Å². The molecule has 1 aromatic rings. The first kappa shape index (κ1) is 12.3. The standard InChI is InChI=1S/C10H11BrClNO2/c1-2-15-10(14)5-7-8(11)3-6(13)4-9(7)12/h3-4H,2,5,13H2,1H3. The van der Waals surface area contributed by atoms with Gasteiger partial charge in [-0.05, 0) is 24.6 Å². The van der Waals surface area contributed by atoms with Crippen LogP contribution in [0.1, 0.15) is 12.5 Å². The van der Waals surface area contributed by atoms with Gasteiger partial charge in [0.2, 0.25) is 0 Å². The van der Waals surface area contributed by atoms with E-state index in [4.69, 9.17) is 22.1 Å². The third kappa shape index (κ3) is 3.39. The first-order valence-corrected chi connectivity index (χ1v) is 5.60. The number of hydrogen-bond donors (Lipinski definition) is 1. The number of nitrogens with two attached hydrogens (primary N) is 1. The van der Waals surface area contributed by atoms with Crippen LogP contribution in [0.3, 0.4) is 0 Å². The molecule has 1 rings (SSSR count). The fourth-order valence-electron chi connectivity index (χ4n) is 1.15. The molecule has 0 saturated heterocycles. The lowest BCUT2D eigenvalue weighted by molar-refractivity contribution is -0.142. The summed E-state index contributed by atoms with van der Waals surface area (Å²) in [5, 5.41) is 0.468. The van der Waals surface area contributed by atoms with Crippen molar-refractivity contribution in [2.75, 3.05) is 12.3 Å². The molecular weight excluding hydrogens is 281 g/mol. The summed E-state index contributed by atoms with van der Waals surface area (Å²) < 4.78 is 5.56. The van der Waals surface area contributed by atoms with Crippen molar-refractivity contribution < 1.29 is 9.53 Å². The molecule has 0 aliphatic carbocycles. The van der Waals surface area contributed by atoms with Crippen molar-refractivity contribution in [1.82, 2.24) is 0 Å². The van der Waals surface area contributed by atoms with E-state index in [1.807, 2.05) is 0 Å². The fourth-order valence-corrected chi connectivity index (χ4v) is 2.17. The number of halogens is 2. The van der Waals surface area contributed by atoms with Gasteiger partial charge in [-0.2, -0.15) is 0 Å². The summed E-state index contributed by atoms with van der Waals surface area (Å²) in [6.45, 7) is 2.13. The van der Waals surface area contributed by atoms with Crippen molar-refractivity contribution in [3.8, 4) is 0 Å². The highest BCUT2D eigenvalue weighted by Gasteiger charge is 2.12. The van der Waals surface area contributed by atoms with Gasteiger partial charge >= 0.3 is 5.97 Å². The summed E-state index contributed by atoms with van der Waals surface area (Å²) in [7, 11) is 0. The smallest absolute Gasteiger partial charge is 0.310 e. The van der Waals surface area contributed by atoms with Gasteiger partial charge in [-0.3, -0.25) is 4.79 Å². The molecule has 0 unspecified atom stereocenters. The van der Waals surface area contributed by atoms with Crippen LogP contribution in [-0.4, -0.2) is 12.6 Å². The molecule has 0 amide bonds. The molecule has 0 aliphatic heterocycles. The molecule has 5 heteroatoms. The molecule has 3 nitrogen and oxygen atoms in total. The maximum atomic E-state index is 11.3. The predicted molar refractivity (Wildman–Crippen MR) is 63.9 cm³/mol. The van der Waals surface area contributed by atoms with Crippen LogP contribution in [0.4, 0.5) is 5.69 Å². The number of carbonyl (C=O) groups is 1. The number of rotatable bonds is 3. The maximum Gasteiger partial charge on any atom is 0.310 e. The molecule has 2 N–H and O–H groups in total. The summed E-state index contributed by atoms with van der Waals surface area (Å²) >= 11 is 9.27. The molecule has 82 valence electrons. The van der Waals surface area contributed by atoms with Crippen LogP contribution in [0.15, 0.2) is 16.6 Å². The quantitative estimate of drug-likeness (QED) is 0.688. The van der Waals surface area contributed by atoms with Gasteiger partial charge in [0.1, 0.15) is 0 Å². The largest absolute Gasteiger partial charge is 0.466 e. The Morgan fingerprint density at radius 1 is 1.60 bits per heavy atom. The number of esters is 1. The van der Waals surface area contributed by atoms with Crippen LogP contribution in [0.25, 0.3) is 0 Å². The van der Waals surface area contributed by atoms with E-state index in [-0.39, 0.29) is 12.4 Å². The molecule has 0 saturated carbocycles. The van der Waals surface area contributed by atoms with E-state index >= 15 is 0 Å². The molecule has 0 atom stereocenters. The van der Waals surface area contributed by atoms with Crippen LogP contribution < -0.4 is 5.73 Å². The van der Waals surface area contributed by atoms with Crippen molar-refractivity contribution in [2.24, 2.45) is 0 Å². The summed E-state index contributed by atoms with van der Waals surface area (Å²) in [5.41, 5.74) is 6.84. The Morgan fingerprint density at radius 2 is 2.27 bits per heavy atom. The van der Waals surface area contributed by atoms with Crippen LogP contribution >= 0.6 is 27.5 Å². The zero-order valence-electron chi connectivity index (χ0n) is 8.22. The highest BCUT2D eigenvalue weighted by Crippen LogP contribution is 2.28. The molecule has 1 aromatic carbocycles. The van der Waals surface area contributed by atoms with E-state index in [1.54, 1.807) is 19.1 Å². The molecule has 0 aliphatic rings. The highest BCUT2D eigenvalue weighted by molar-refractivity contribution is 9.10. The average Bonchev–Trinajstić information content (AvgIpc) is 2.11. The summed E-state index contributed by atoms with van der Waals surface area (Å²) in [4.78, 5) is 11.3. The van der Waals surface area contributed by atoms with Gasteiger partial charge < -0.3 is 10.5 Å². The minimum atomic E-state index is -0.301. The second-order valence-electron chi connectivity index (χ2n) is 2.94. The van der Waals surface area contributed by atoms with Gasteiger partial charge in [0.05, 0.1) is 13.0 Å². The molecule has 15 heavy (non-hydrogen) atoms. The number of benzene rings is 1. The van der Waals surface area contributed by atoms with Crippen molar-refractivity contribution in [1.29, 1.82) is 0 Å². The Hall–Kier alpha value is -0.740. The highest BCUT2D eigenvalue weighted by atomic mass is 79.9. The first-order chi connectivity index (χ1) is 7.04. The second-order valence-corrected chi connectivity index (χ2v) is 4.21. The number of nitrogen functional groups attached to an aromatic ring is 1. The number of carbonyl (C=O) groups excluding carboxylic acids is 1. The van der Waals surface area contributed by atoms with Crippen molar-refractivity contribution >= 4 is 39.2 Å². The zero-order valence-corrected chi connectivity index (χ0v) is 10.6. The zero-order chi connectivity index (χ0) is 11.4. The third-order valence-corrected chi connectivity index (χ3v) is 2.83. The molecule has 0 aromatic heterocycles. The predicted octanol–water partition coefficient (Wildman–Crippen LogP) is 2.79. The van der Waals surface area contributed by atoms with E-state index in [0.717, 1.165) is 4.47 Å². The van der Waals surface area contributed by atoms with Crippen molar-refractivity contribution in [2.45, 2.75) is 13.3 Å². The molecule has 0 fully saturated rings. The van der Waals surface area contributed by atoms with Crippen molar-refractivity contribution in [3.63, 3.8) is 0 Å². The lowest BCUT2D eigenvalue weighted by atomic mass is 10.1. The number of hydrogen-bond acceptors (Lipinski definition) is 3. The van der Waals surface area contributed by atoms with Gasteiger partial charge in [-0.1, -0.05) is 27.5 Å². The summed E-state index contributed by atoms with van der Waals surface area (Å²) in [6, 6.07) is 3.32. The Morgan fingerprint density at radius 3 is 2.80 bits per heavy atom. The monoisotopic (exact) mass is 291 g/mol. The Kier molecular flexibility index (Phi) is 4.42. The van der Waals surface area contributed by atoms with Crippen LogP contribution in [0.5, 0.6) is 0 Å². The maximum absolute atomic E-state index is 11.3. The molecule has 0 spiro atoms. The molecule has 0 heterocycles. The minimum Gasteiger partial charge on any atom is -0.466 e. The van der Waals surface area contributed by atoms with Gasteiger partial charge in [0.25, 0.3) is 0 Å². The Balaban J connectivity index is 2.90. The van der Waals surface area contributed by atoms with E-state index < -0.39 is 0 Å². The van der Waals surface area contributed by atoms with Gasteiger partial charge in [0, 0.05) is 15.2 Å². The minimum absolute atomic E-state index is 0.146. The second kappa shape index (κ2) is 5.37. The molecule has 0 radical (unpaired) electrons. The van der Waals surface area contributed by atoms with Crippen LogP contribution in [0, 0.1) is 0 Å². The lowest BCUT2D eigenvalue weighted by Crippen LogP contribution is -2.08. The van der Waals surface area contributed by atoms with Gasteiger partial charge in [-0.25, -0.2) is 0 Å². The normalized spacial score (nSPS) is 10.1. The lowest BCUT2D eigenvalue weighted by Gasteiger charge is -2.07. The summed E-state index contributed by atoms with van der Waals surface area (Å²) in [6.07, 6.45) is 0.146. The van der Waals surface area contributed by atoms with Gasteiger partial charge in [0.15, 0.2) is 0 Å². The van der Waals surface area contributed by atoms with E-state index in [0.29, 0.717) is 22.9 Å². The Labute approximate surface area is 102 Å². The van der Waals surface area contributed by atoms with E-state index in [2.05, 4.69) is 15.9 Å². The molecule has 0 bridgehead atoms. The SMILES string of the molecule is CCOC(=O)Cc1c(Cl)cc(N)cc1Br. The van der Waals surface area contributed by atoms with Crippen LogP contribution in [0.2, 0.25) is 5.02 Å². The van der Waals surface area contributed by atoms with Gasteiger partial charge in [-0.15, -0.1) is 0 Å². The summed E-state index contributed by atoms with van der Waals surface area (Å²) in [5.74, 6) is -0.301. The number of anilines is 1. The number of ether oxygens (including phenoxy) is 1. The Bertz CT molecular complexity index is 359. The third-order valence-electron chi connectivity index (χ3n) is 1.79. The average molecular weight is 293 g/mol. The molecular formula is C10H11BrClNO2. The van der Waals surface area contributed by atoms with Crippen molar-refractivity contribution in [3.05, 3.63) is 27.2 Å². The van der Waals surface area contributed by atoms with E-state index in [1.165, 1.54) is 0 Å². The fraction of sp³-hybridized carbons (Fsp3) is 0.300.